The summed E-state index contributed by atoms with van der Waals surface area (Å²) in [6, 6.07) is 7.17. The van der Waals surface area contributed by atoms with E-state index in [1.165, 1.54) is 4.88 Å². The fourth-order valence-electron chi connectivity index (χ4n) is 3.71. The van der Waals surface area contributed by atoms with E-state index in [2.05, 4.69) is 10.3 Å². The monoisotopic (exact) mass is 442 g/mol. The highest BCUT2D eigenvalue weighted by atomic mass is 35.5. The van der Waals surface area contributed by atoms with Crippen molar-refractivity contribution in [3.05, 3.63) is 62.9 Å². The predicted octanol–water partition coefficient (Wildman–Crippen LogP) is 5.28. The molecule has 2 aliphatic rings. The largest absolute Gasteiger partial charge is 0.467 e. The van der Waals surface area contributed by atoms with Gasteiger partial charge in [0.05, 0.1) is 23.4 Å². The Balaban J connectivity index is 1.45. The molecule has 5 rings (SSSR count). The highest BCUT2D eigenvalue weighted by Gasteiger charge is 2.25. The van der Waals surface area contributed by atoms with Crippen molar-refractivity contribution >= 4 is 40.1 Å². The number of hydrogen-bond donors (Lipinski definition) is 1. The van der Waals surface area contributed by atoms with Gasteiger partial charge in [-0.1, -0.05) is 11.6 Å². The number of nitrogens with one attached hydrogen (secondary N) is 1. The summed E-state index contributed by atoms with van der Waals surface area (Å²) in [6.45, 7) is 0.525. The minimum atomic E-state index is -0.130. The molecule has 1 aliphatic heterocycles. The van der Waals surface area contributed by atoms with Crippen LogP contribution in [-0.4, -0.2) is 18.9 Å². The third kappa shape index (κ3) is 3.70. The van der Waals surface area contributed by atoms with Gasteiger partial charge in [0.15, 0.2) is 11.5 Å². The van der Waals surface area contributed by atoms with Crippen molar-refractivity contribution in [2.45, 2.75) is 32.2 Å². The molecule has 2 aromatic heterocycles. The van der Waals surface area contributed by atoms with Gasteiger partial charge in [-0.25, -0.2) is 4.99 Å². The smallest absolute Gasteiger partial charge is 0.255 e. The van der Waals surface area contributed by atoms with Crippen LogP contribution in [0.15, 0.2) is 39.9 Å². The van der Waals surface area contributed by atoms with Gasteiger partial charge in [0.1, 0.15) is 10.8 Å². The molecule has 0 saturated heterocycles. The molecule has 154 valence electrons. The molecule has 8 heteroatoms. The van der Waals surface area contributed by atoms with Crippen molar-refractivity contribution < 1.29 is 18.7 Å². The lowest BCUT2D eigenvalue weighted by molar-refractivity contribution is 0.0948. The molecule has 1 N–H and O–H groups in total. The molecule has 0 fully saturated rings. The van der Waals surface area contributed by atoms with Gasteiger partial charge in [-0.2, -0.15) is 0 Å². The van der Waals surface area contributed by atoms with Crippen molar-refractivity contribution in [3.63, 3.8) is 0 Å². The summed E-state index contributed by atoms with van der Waals surface area (Å²) < 4.78 is 16.1. The fourth-order valence-corrected chi connectivity index (χ4v) is 5.14. The third-order valence-corrected chi connectivity index (χ3v) is 6.72. The number of nitrogens with zero attached hydrogens (tertiary/aromatic N) is 1. The molecule has 30 heavy (non-hydrogen) atoms. The third-order valence-electron chi connectivity index (χ3n) is 5.20. The van der Waals surface area contributed by atoms with Crippen molar-refractivity contribution in [2.24, 2.45) is 4.99 Å². The Morgan fingerprint density at radius 2 is 2.07 bits per heavy atom. The number of carbonyl (C=O) groups is 1. The molecular weight excluding hydrogens is 424 g/mol. The second kappa shape index (κ2) is 8.16. The van der Waals surface area contributed by atoms with E-state index in [1.807, 2.05) is 6.07 Å². The molecule has 1 aromatic carbocycles. The standard InChI is InChI=1S/C22H19ClN2O4S/c23-16-9-18-17(28-12-29-18)8-13(16)10-25-22-20(15-5-1-2-6-19(15)30-22)21(26)24-11-14-4-3-7-27-14/h3-4,7-10H,1-2,5-6,11-12H2,(H,24,26)/b25-10+. The zero-order chi connectivity index (χ0) is 20.5. The number of thiophene rings is 1. The predicted molar refractivity (Wildman–Crippen MR) is 116 cm³/mol. The van der Waals surface area contributed by atoms with E-state index >= 15 is 0 Å². The van der Waals surface area contributed by atoms with E-state index in [0.717, 1.165) is 31.2 Å². The number of benzene rings is 1. The van der Waals surface area contributed by atoms with Crippen LogP contribution in [0, 0.1) is 0 Å². The Bertz CT molecular complexity index is 1120. The van der Waals surface area contributed by atoms with Crippen LogP contribution in [0.25, 0.3) is 0 Å². The van der Waals surface area contributed by atoms with E-state index in [1.54, 1.807) is 42.0 Å². The molecule has 0 radical (unpaired) electrons. The maximum Gasteiger partial charge on any atom is 0.255 e. The van der Waals surface area contributed by atoms with Crippen LogP contribution in [0.5, 0.6) is 11.5 Å². The van der Waals surface area contributed by atoms with Crippen LogP contribution in [0.2, 0.25) is 5.02 Å². The average molecular weight is 443 g/mol. The summed E-state index contributed by atoms with van der Waals surface area (Å²) in [4.78, 5) is 18.9. The summed E-state index contributed by atoms with van der Waals surface area (Å²) in [6.07, 6.45) is 7.38. The maximum atomic E-state index is 13.0. The van der Waals surface area contributed by atoms with Crippen LogP contribution in [0.3, 0.4) is 0 Å². The van der Waals surface area contributed by atoms with Crippen LogP contribution in [0.1, 0.15) is 45.0 Å². The Morgan fingerprint density at radius 1 is 1.23 bits per heavy atom. The number of rotatable bonds is 5. The van der Waals surface area contributed by atoms with E-state index in [4.69, 9.17) is 25.5 Å². The Labute approximate surface area is 182 Å². The molecular formula is C22H19ClN2O4S. The quantitative estimate of drug-likeness (QED) is 0.545. The lowest BCUT2D eigenvalue weighted by Gasteiger charge is -2.12. The number of halogens is 1. The Morgan fingerprint density at radius 3 is 2.90 bits per heavy atom. The number of fused-ring (bicyclic) bond motifs is 2. The van der Waals surface area contributed by atoms with Gasteiger partial charge in [0.2, 0.25) is 6.79 Å². The first-order valence-corrected chi connectivity index (χ1v) is 11.0. The van der Waals surface area contributed by atoms with Gasteiger partial charge < -0.3 is 19.2 Å². The topological polar surface area (TPSA) is 73.1 Å². The second-order valence-electron chi connectivity index (χ2n) is 7.14. The Hall–Kier alpha value is -2.77. The molecule has 0 bridgehead atoms. The summed E-state index contributed by atoms with van der Waals surface area (Å²) in [7, 11) is 0. The molecule has 0 spiro atoms. The van der Waals surface area contributed by atoms with Crippen molar-refractivity contribution in [3.8, 4) is 11.5 Å². The van der Waals surface area contributed by atoms with Gasteiger partial charge in [-0.05, 0) is 49.4 Å². The number of aliphatic imine (C=N–C) groups is 1. The number of furan rings is 1. The van der Waals surface area contributed by atoms with E-state index in [9.17, 15) is 4.79 Å². The lowest BCUT2D eigenvalue weighted by Crippen LogP contribution is -2.23. The SMILES string of the molecule is O=C(NCc1ccco1)c1c(/N=C/c2cc3c(cc2Cl)OCO3)sc2c1CCCC2. The molecule has 1 amide bonds. The first kappa shape index (κ1) is 19.2. The van der Waals surface area contributed by atoms with Gasteiger partial charge in [0, 0.05) is 22.7 Å². The number of amides is 1. The van der Waals surface area contributed by atoms with Crippen molar-refractivity contribution in [1.82, 2.24) is 5.32 Å². The number of ether oxygens (including phenoxy) is 2. The van der Waals surface area contributed by atoms with Gasteiger partial charge >= 0.3 is 0 Å². The van der Waals surface area contributed by atoms with Crippen LogP contribution < -0.4 is 14.8 Å². The number of carbonyl (C=O) groups excluding carboxylic acids is 1. The average Bonchev–Trinajstić information content (AvgIpc) is 3.49. The van der Waals surface area contributed by atoms with Gasteiger partial charge in [0.25, 0.3) is 5.91 Å². The summed E-state index contributed by atoms with van der Waals surface area (Å²) in [5, 5.41) is 4.18. The highest BCUT2D eigenvalue weighted by molar-refractivity contribution is 7.16. The molecule has 3 aromatic rings. The zero-order valence-electron chi connectivity index (χ0n) is 16.1. The van der Waals surface area contributed by atoms with Crippen LogP contribution in [0.4, 0.5) is 5.00 Å². The van der Waals surface area contributed by atoms with E-state index < -0.39 is 0 Å². The number of aryl methyl sites for hydroxylation is 1. The summed E-state index contributed by atoms with van der Waals surface area (Å²) in [5.74, 6) is 1.85. The molecule has 6 nitrogen and oxygen atoms in total. The maximum absolute atomic E-state index is 13.0. The van der Waals surface area contributed by atoms with Gasteiger partial charge in [-0.3, -0.25) is 4.79 Å². The van der Waals surface area contributed by atoms with Crippen LogP contribution >= 0.6 is 22.9 Å². The van der Waals surface area contributed by atoms with E-state index in [-0.39, 0.29) is 12.7 Å². The molecule has 3 heterocycles. The highest BCUT2D eigenvalue weighted by Crippen LogP contribution is 2.41. The molecule has 1 aliphatic carbocycles. The van der Waals surface area contributed by atoms with E-state index in [0.29, 0.717) is 45.0 Å². The first-order valence-electron chi connectivity index (χ1n) is 9.77. The zero-order valence-corrected chi connectivity index (χ0v) is 17.6. The van der Waals surface area contributed by atoms with Crippen molar-refractivity contribution in [1.29, 1.82) is 0 Å². The summed E-state index contributed by atoms with van der Waals surface area (Å²) in [5.41, 5.74) is 2.50. The van der Waals surface area contributed by atoms with Crippen LogP contribution in [-0.2, 0) is 19.4 Å². The first-order chi connectivity index (χ1) is 14.7. The lowest BCUT2D eigenvalue weighted by atomic mass is 9.95. The molecule has 0 atom stereocenters. The molecule has 0 unspecified atom stereocenters. The minimum absolute atomic E-state index is 0.130. The Kier molecular flexibility index (Phi) is 5.23. The number of hydrogen-bond acceptors (Lipinski definition) is 6. The summed E-state index contributed by atoms with van der Waals surface area (Å²) >= 11 is 7.95. The second-order valence-corrected chi connectivity index (χ2v) is 8.63. The van der Waals surface area contributed by atoms with Gasteiger partial charge in [-0.15, -0.1) is 11.3 Å². The molecule has 0 saturated carbocycles. The minimum Gasteiger partial charge on any atom is -0.467 e. The fraction of sp³-hybridized carbons (Fsp3) is 0.273. The normalized spacial score (nSPS) is 14.8. The van der Waals surface area contributed by atoms with Crippen molar-refractivity contribution in [2.75, 3.05) is 6.79 Å².